The summed E-state index contributed by atoms with van der Waals surface area (Å²) in [6.07, 6.45) is 1.66. The van der Waals surface area contributed by atoms with Gasteiger partial charge in [0, 0.05) is 5.56 Å². The minimum absolute atomic E-state index is 0.517. The van der Waals surface area contributed by atoms with E-state index >= 15 is 0 Å². The summed E-state index contributed by atoms with van der Waals surface area (Å²) < 4.78 is 10.7. The number of fused-ring (bicyclic) bond motifs is 1. The largest absolute Gasteiger partial charge is 0.495 e. The third-order valence-electron chi connectivity index (χ3n) is 3.88. The molecule has 0 saturated carbocycles. The Labute approximate surface area is 143 Å². The highest BCUT2D eigenvalue weighted by Crippen LogP contribution is 2.29. The van der Waals surface area contributed by atoms with Gasteiger partial charge in [-0.1, -0.05) is 11.6 Å². The van der Waals surface area contributed by atoms with Gasteiger partial charge in [0.05, 0.1) is 24.1 Å². The van der Waals surface area contributed by atoms with E-state index in [9.17, 15) is 0 Å². The summed E-state index contributed by atoms with van der Waals surface area (Å²) in [5.74, 6) is 1.43. The number of benzene rings is 2. The lowest BCUT2D eigenvalue weighted by Gasteiger charge is -2.04. The smallest absolute Gasteiger partial charge is 0.137 e. The SMILES string of the molecule is COc1ccc(-n2nc3cc(C)c(-c4ccco4)cc3n2)cc1Cl. The number of ether oxygens (including phenoxy) is 1. The first-order valence-electron chi connectivity index (χ1n) is 7.41. The molecule has 120 valence electrons. The molecule has 0 aliphatic heterocycles. The highest BCUT2D eigenvalue weighted by atomic mass is 35.5. The third-order valence-corrected chi connectivity index (χ3v) is 4.17. The molecule has 4 aromatic rings. The fourth-order valence-electron chi connectivity index (χ4n) is 2.66. The van der Waals surface area contributed by atoms with Crippen molar-refractivity contribution in [1.82, 2.24) is 15.0 Å². The van der Waals surface area contributed by atoms with Gasteiger partial charge in [-0.3, -0.25) is 0 Å². The second kappa shape index (κ2) is 5.69. The van der Waals surface area contributed by atoms with Gasteiger partial charge in [0.15, 0.2) is 0 Å². The average Bonchev–Trinajstić information content (AvgIpc) is 3.23. The molecule has 0 spiro atoms. The number of halogens is 1. The fraction of sp³-hybridized carbons (Fsp3) is 0.111. The van der Waals surface area contributed by atoms with Crippen molar-refractivity contribution >= 4 is 22.6 Å². The first-order valence-corrected chi connectivity index (χ1v) is 7.79. The van der Waals surface area contributed by atoms with Crippen LogP contribution < -0.4 is 4.74 Å². The van der Waals surface area contributed by atoms with Crippen LogP contribution in [0.25, 0.3) is 28.0 Å². The molecule has 0 unspecified atom stereocenters. The Morgan fingerprint density at radius 3 is 2.54 bits per heavy atom. The summed E-state index contributed by atoms with van der Waals surface area (Å²) in [5.41, 5.74) is 4.47. The third kappa shape index (κ3) is 2.43. The fourth-order valence-corrected chi connectivity index (χ4v) is 2.91. The van der Waals surface area contributed by atoms with Gasteiger partial charge in [-0.2, -0.15) is 4.80 Å². The second-order valence-electron chi connectivity index (χ2n) is 5.44. The topological polar surface area (TPSA) is 53.1 Å². The van der Waals surface area contributed by atoms with Gasteiger partial charge in [0.1, 0.15) is 22.5 Å². The van der Waals surface area contributed by atoms with E-state index < -0.39 is 0 Å². The van der Waals surface area contributed by atoms with E-state index in [4.69, 9.17) is 20.8 Å². The Hall–Kier alpha value is -2.79. The number of hydrogen-bond acceptors (Lipinski definition) is 4. The molecule has 24 heavy (non-hydrogen) atoms. The number of methoxy groups -OCH3 is 1. The van der Waals surface area contributed by atoms with Gasteiger partial charge in [0.2, 0.25) is 0 Å². The summed E-state index contributed by atoms with van der Waals surface area (Å²) in [6, 6.07) is 13.2. The Kier molecular flexibility index (Phi) is 3.50. The average molecular weight is 340 g/mol. The van der Waals surface area contributed by atoms with Crippen molar-refractivity contribution in [3.05, 3.63) is 59.3 Å². The van der Waals surface area contributed by atoms with E-state index in [1.807, 2.05) is 37.3 Å². The first kappa shape index (κ1) is 14.8. The molecule has 0 radical (unpaired) electrons. The van der Waals surface area contributed by atoms with Crippen LogP contribution in [0.1, 0.15) is 5.56 Å². The lowest BCUT2D eigenvalue weighted by atomic mass is 10.1. The van der Waals surface area contributed by atoms with Crippen LogP contribution in [0.5, 0.6) is 5.75 Å². The molecule has 0 amide bonds. The maximum absolute atomic E-state index is 6.19. The molecule has 2 heterocycles. The van der Waals surface area contributed by atoms with Crippen molar-refractivity contribution in [3.63, 3.8) is 0 Å². The number of nitrogens with zero attached hydrogens (tertiary/aromatic N) is 3. The highest BCUT2D eigenvalue weighted by Gasteiger charge is 2.12. The molecule has 0 fully saturated rings. The Balaban J connectivity index is 1.82. The minimum Gasteiger partial charge on any atom is -0.495 e. The summed E-state index contributed by atoms with van der Waals surface area (Å²) >= 11 is 6.19. The van der Waals surface area contributed by atoms with Crippen LogP contribution in [-0.2, 0) is 0 Å². The van der Waals surface area contributed by atoms with Gasteiger partial charge in [-0.05, 0) is 55.0 Å². The Morgan fingerprint density at radius 2 is 1.88 bits per heavy atom. The molecular formula is C18H14ClN3O2. The quantitative estimate of drug-likeness (QED) is 0.545. The van der Waals surface area contributed by atoms with Gasteiger partial charge in [0.25, 0.3) is 0 Å². The summed E-state index contributed by atoms with van der Waals surface area (Å²) in [6.45, 7) is 2.03. The molecule has 0 atom stereocenters. The molecule has 0 aliphatic carbocycles. The summed E-state index contributed by atoms with van der Waals surface area (Å²) in [5, 5.41) is 9.61. The van der Waals surface area contributed by atoms with E-state index in [0.717, 1.165) is 33.6 Å². The van der Waals surface area contributed by atoms with Gasteiger partial charge < -0.3 is 9.15 Å². The highest BCUT2D eigenvalue weighted by molar-refractivity contribution is 6.32. The number of furan rings is 1. The molecule has 5 nitrogen and oxygen atoms in total. The van der Waals surface area contributed by atoms with Gasteiger partial charge in [-0.15, -0.1) is 10.2 Å². The number of rotatable bonds is 3. The Morgan fingerprint density at radius 1 is 1.08 bits per heavy atom. The molecule has 0 saturated heterocycles. The number of aryl methyl sites for hydroxylation is 1. The lowest BCUT2D eigenvalue weighted by molar-refractivity contribution is 0.415. The van der Waals surface area contributed by atoms with E-state index in [0.29, 0.717) is 10.8 Å². The van der Waals surface area contributed by atoms with Crippen molar-refractivity contribution < 1.29 is 9.15 Å². The maximum atomic E-state index is 6.19. The standard InChI is InChI=1S/C18H14ClN3O2/c1-11-8-15-16(10-13(11)17-4-3-7-24-17)21-22(20-15)12-5-6-18(23-2)14(19)9-12/h3-10H,1-2H3. The van der Waals surface area contributed by atoms with E-state index in [-0.39, 0.29) is 0 Å². The predicted octanol–water partition coefficient (Wildman–Crippen LogP) is 4.65. The van der Waals surface area contributed by atoms with Crippen LogP contribution >= 0.6 is 11.6 Å². The van der Waals surface area contributed by atoms with Crippen molar-refractivity contribution in [2.45, 2.75) is 6.92 Å². The number of aromatic nitrogens is 3. The van der Waals surface area contributed by atoms with Gasteiger partial charge >= 0.3 is 0 Å². The second-order valence-corrected chi connectivity index (χ2v) is 5.85. The van der Waals surface area contributed by atoms with Crippen LogP contribution in [-0.4, -0.2) is 22.1 Å². The van der Waals surface area contributed by atoms with E-state index in [1.165, 1.54) is 0 Å². The number of hydrogen-bond donors (Lipinski definition) is 0. The monoisotopic (exact) mass is 339 g/mol. The maximum Gasteiger partial charge on any atom is 0.137 e. The Bertz CT molecular complexity index is 1020. The van der Waals surface area contributed by atoms with Crippen molar-refractivity contribution in [2.75, 3.05) is 7.11 Å². The molecule has 2 aromatic carbocycles. The molecule has 0 aliphatic rings. The molecule has 6 heteroatoms. The van der Waals surface area contributed by atoms with Crippen molar-refractivity contribution in [2.24, 2.45) is 0 Å². The first-order chi connectivity index (χ1) is 11.7. The minimum atomic E-state index is 0.517. The lowest BCUT2D eigenvalue weighted by Crippen LogP contribution is -1.98. The zero-order valence-corrected chi connectivity index (χ0v) is 13.9. The zero-order valence-electron chi connectivity index (χ0n) is 13.2. The summed E-state index contributed by atoms with van der Waals surface area (Å²) in [7, 11) is 1.58. The van der Waals surface area contributed by atoms with Crippen LogP contribution in [0.2, 0.25) is 5.02 Å². The van der Waals surface area contributed by atoms with E-state index in [2.05, 4.69) is 10.2 Å². The van der Waals surface area contributed by atoms with Crippen molar-refractivity contribution in [1.29, 1.82) is 0 Å². The molecule has 2 aromatic heterocycles. The van der Waals surface area contributed by atoms with Crippen molar-refractivity contribution in [3.8, 4) is 22.8 Å². The zero-order chi connectivity index (χ0) is 16.7. The molecule has 4 rings (SSSR count). The van der Waals surface area contributed by atoms with Crippen LogP contribution in [0.3, 0.4) is 0 Å². The van der Waals surface area contributed by atoms with Crippen LogP contribution in [0.15, 0.2) is 53.1 Å². The van der Waals surface area contributed by atoms with Crippen LogP contribution in [0.4, 0.5) is 0 Å². The van der Waals surface area contributed by atoms with Crippen LogP contribution in [0, 0.1) is 6.92 Å². The predicted molar refractivity (Wildman–Crippen MR) is 92.9 cm³/mol. The summed E-state index contributed by atoms with van der Waals surface area (Å²) in [4.78, 5) is 1.57. The molecule has 0 bridgehead atoms. The van der Waals surface area contributed by atoms with Gasteiger partial charge in [-0.25, -0.2) is 0 Å². The normalized spacial score (nSPS) is 11.1. The molecular weight excluding hydrogens is 326 g/mol. The van der Waals surface area contributed by atoms with E-state index in [1.54, 1.807) is 30.3 Å². The molecule has 0 N–H and O–H groups in total.